The molecule has 0 radical (unpaired) electrons. The molecule has 0 N–H and O–H groups in total. The van der Waals surface area contributed by atoms with Crippen LogP contribution in [0.4, 0.5) is 10.1 Å². The van der Waals surface area contributed by atoms with Gasteiger partial charge in [-0.2, -0.15) is 0 Å². The summed E-state index contributed by atoms with van der Waals surface area (Å²) in [7, 11) is 0. The summed E-state index contributed by atoms with van der Waals surface area (Å²) in [6, 6.07) is 13.7. The van der Waals surface area contributed by atoms with Crippen molar-refractivity contribution in [1.82, 2.24) is 0 Å². The minimum absolute atomic E-state index is 0.180. The number of hydrogen-bond acceptors (Lipinski definition) is 4. The van der Waals surface area contributed by atoms with Crippen molar-refractivity contribution in [2.24, 2.45) is 0 Å². The van der Waals surface area contributed by atoms with E-state index in [1.807, 2.05) is 36.6 Å². The van der Waals surface area contributed by atoms with Gasteiger partial charge in [-0.15, -0.1) is 11.8 Å². The predicted octanol–water partition coefficient (Wildman–Crippen LogP) is 4.95. The van der Waals surface area contributed by atoms with E-state index in [0.717, 1.165) is 5.56 Å². The van der Waals surface area contributed by atoms with Crippen molar-refractivity contribution in [3.8, 4) is 0 Å². The third-order valence-electron chi connectivity index (χ3n) is 3.29. The van der Waals surface area contributed by atoms with Crippen molar-refractivity contribution < 1.29 is 9.18 Å². The van der Waals surface area contributed by atoms with Crippen LogP contribution in [0.3, 0.4) is 0 Å². The molecule has 1 amide bonds. The first-order valence-electron chi connectivity index (χ1n) is 6.76. The normalized spacial score (nSPS) is 16.4. The van der Waals surface area contributed by atoms with Gasteiger partial charge in [-0.05, 0) is 54.3 Å². The van der Waals surface area contributed by atoms with Gasteiger partial charge in [-0.25, -0.2) is 4.39 Å². The topological polar surface area (TPSA) is 20.3 Å². The second-order valence-electron chi connectivity index (χ2n) is 4.77. The lowest BCUT2D eigenvalue weighted by molar-refractivity contribution is -0.113. The Morgan fingerprint density at radius 2 is 1.78 bits per heavy atom. The summed E-state index contributed by atoms with van der Waals surface area (Å²) < 4.78 is 13.5. The standard InChI is InChI=1S/C17H12FNOS3/c1-22-14-8-2-11(3-9-14)10-15-16(20)19(17(21)23-15)13-6-4-12(18)5-7-13/h2-10H,1H3. The maximum absolute atomic E-state index is 13.0. The summed E-state index contributed by atoms with van der Waals surface area (Å²) in [6.45, 7) is 0. The molecular formula is C17H12FNOS3. The molecule has 0 saturated carbocycles. The van der Waals surface area contributed by atoms with E-state index in [1.54, 1.807) is 23.9 Å². The number of amides is 1. The van der Waals surface area contributed by atoms with Crippen LogP contribution in [0.5, 0.6) is 0 Å². The van der Waals surface area contributed by atoms with E-state index in [-0.39, 0.29) is 11.7 Å². The third kappa shape index (κ3) is 3.49. The Labute approximate surface area is 147 Å². The summed E-state index contributed by atoms with van der Waals surface area (Å²) in [6.07, 6.45) is 3.84. The largest absolute Gasteiger partial charge is 0.270 e. The monoisotopic (exact) mass is 361 g/mol. The number of carbonyl (C=O) groups is 1. The van der Waals surface area contributed by atoms with Crippen LogP contribution in [0.1, 0.15) is 5.56 Å². The molecule has 0 aromatic heterocycles. The quantitative estimate of drug-likeness (QED) is 0.437. The Kier molecular flexibility index (Phi) is 4.84. The molecule has 3 rings (SSSR count). The summed E-state index contributed by atoms with van der Waals surface area (Å²) in [5.41, 5.74) is 1.53. The van der Waals surface area contributed by atoms with Gasteiger partial charge in [0.05, 0.1) is 10.6 Å². The SMILES string of the molecule is CSc1ccc(C=C2SC(=S)N(c3ccc(F)cc3)C2=O)cc1. The lowest BCUT2D eigenvalue weighted by Crippen LogP contribution is -2.27. The minimum atomic E-state index is -0.344. The maximum atomic E-state index is 13.0. The highest BCUT2D eigenvalue weighted by Crippen LogP contribution is 2.36. The van der Waals surface area contributed by atoms with Gasteiger partial charge in [0.1, 0.15) is 5.82 Å². The zero-order chi connectivity index (χ0) is 16.4. The fourth-order valence-corrected chi connectivity index (χ4v) is 3.84. The Bertz CT molecular complexity index is 784. The van der Waals surface area contributed by atoms with E-state index >= 15 is 0 Å². The first-order valence-corrected chi connectivity index (χ1v) is 9.21. The molecule has 0 aliphatic carbocycles. The molecule has 23 heavy (non-hydrogen) atoms. The van der Waals surface area contributed by atoms with Crippen LogP contribution in [0.25, 0.3) is 6.08 Å². The molecular weight excluding hydrogens is 349 g/mol. The molecule has 2 aromatic rings. The maximum Gasteiger partial charge on any atom is 0.270 e. The molecule has 1 fully saturated rings. The van der Waals surface area contributed by atoms with Gasteiger partial charge >= 0.3 is 0 Å². The van der Waals surface area contributed by atoms with Gasteiger partial charge in [-0.1, -0.05) is 36.1 Å². The number of anilines is 1. The van der Waals surface area contributed by atoms with Crippen LogP contribution < -0.4 is 4.90 Å². The zero-order valence-corrected chi connectivity index (χ0v) is 14.6. The summed E-state index contributed by atoms with van der Waals surface area (Å²) >= 11 is 8.22. The summed E-state index contributed by atoms with van der Waals surface area (Å²) in [5.74, 6) is -0.524. The van der Waals surface area contributed by atoms with Gasteiger partial charge in [0, 0.05) is 4.90 Å². The minimum Gasteiger partial charge on any atom is -0.268 e. The molecule has 1 heterocycles. The molecule has 2 aromatic carbocycles. The third-order valence-corrected chi connectivity index (χ3v) is 5.34. The molecule has 116 valence electrons. The zero-order valence-electron chi connectivity index (χ0n) is 12.2. The Balaban J connectivity index is 1.88. The predicted molar refractivity (Wildman–Crippen MR) is 100 cm³/mol. The van der Waals surface area contributed by atoms with E-state index in [4.69, 9.17) is 12.2 Å². The molecule has 2 nitrogen and oxygen atoms in total. The van der Waals surface area contributed by atoms with Crippen molar-refractivity contribution in [1.29, 1.82) is 0 Å². The van der Waals surface area contributed by atoms with E-state index in [1.165, 1.54) is 33.7 Å². The molecule has 1 saturated heterocycles. The number of hydrogen-bond donors (Lipinski definition) is 0. The molecule has 0 atom stereocenters. The smallest absolute Gasteiger partial charge is 0.268 e. The highest BCUT2D eigenvalue weighted by molar-refractivity contribution is 8.27. The number of halogens is 1. The first kappa shape index (κ1) is 16.2. The van der Waals surface area contributed by atoms with Crippen LogP contribution in [0.15, 0.2) is 58.3 Å². The van der Waals surface area contributed by atoms with Gasteiger partial charge in [-0.3, -0.25) is 9.69 Å². The van der Waals surface area contributed by atoms with E-state index in [9.17, 15) is 9.18 Å². The Morgan fingerprint density at radius 3 is 2.39 bits per heavy atom. The molecule has 1 aliphatic rings. The van der Waals surface area contributed by atoms with Gasteiger partial charge < -0.3 is 0 Å². The Morgan fingerprint density at radius 1 is 1.13 bits per heavy atom. The van der Waals surface area contributed by atoms with Crippen LogP contribution >= 0.6 is 35.7 Å². The van der Waals surface area contributed by atoms with Crippen LogP contribution in [-0.4, -0.2) is 16.5 Å². The lowest BCUT2D eigenvalue weighted by atomic mass is 10.2. The van der Waals surface area contributed by atoms with E-state index in [2.05, 4.69) is 0 Å². The molecule has 1 aliphatic heterocycles. The van der Waals surface area contributed by atoms with Crippen LogP contribution in [0, 0.1) is 5.82 Å². The van der Waals surface area contributed by atoms with Gasteiger partial charge in [0.15, 0.2) is 4.32 Å². The fraction of sp³-hybridized carbons (Fsp3) is 0.0588. The van der Waals surface area contributed by atoms with Crippen molar-refractivity contribution in [3.05, 3.63) is 64.8 Å². The van der Waals surface area contributed by atoms with Gasteiger partial charge in [0.25, 0.3) is 5.91 Å². The fourth-order valence-electron chi connectivity index (χ4n) is 2.13. The van der Waals surface area contributed by atoms with Crippen LogP contribution in [0.2, 0.25) is 0 Å². The van der Waals surface area contributed by atoms with Crippen molar-refractivity contribution in [3.63, 3.8) is 0 Å². The number of thioether (sulfide) groups is 2. The average molecular weight is 361 g/mol. The van der Waals surface area contributed by atoms with Crippen molar-refractivity contribution >= 4 is 57.7 Å². The number of rotatable bonds is 3. The first-order chi connectivity index (χ1) is 11.1. The Hall–Kier alpha value is -1.63. The van der Waals surface area contributed by atoms with E-state index < -0.39 is 0 Å². The van der Waals surface area contributed by atoms with Crippen molar-refractivity contribution in [2.75, 3.05) is 11.2 Å². The second-order valence-corrected chi connectivity index (χ2v) is 7.32. The summed E-state index contributed by atoms with van der Waals surface area (Å²) in [5, 5.41) is 0. The highest BCUT2D eigenvalue weighted by atomic mass is 32.2. The number of carbonyl (C=O) groups excluding carboxylic acids is 1. The number of thiocarbonyl (C=S) groups is 1. The highest BCUT2D eigenvalue weighted by Gasteiger charge is 2.33. The van der Waals surface area contributed by atoms with Crippen molar-refractivity contribution in [2.45, 2.75) is 4.90 Å². The molecule has 6 heteroatoms. The van der Waals surface area contributed by atoms with Gasteiger partial charge in [0.2, 0.25) is 0 Å². The molecule has 0 spiro atoms. The number of benzene rings is 2. The van der Waals surface area contributed by atoms with Crippen LogP contribution in [-0.2, 0) is 4.79 Å². The lowest BCUT2D eigenvalue weighted by Gasteiger charge is -2.14. The number of nitrogens with zero attached hydrogens (tertiary/aromatic N) is 1. The second kappa shape index (κ2) is 6.86. The average Bonchev–Trinajstić information content (AvgIpc) is 2.83. The van der Waals surface area contributed by atoms with E-state index in [0.29, 0.717) is 14.9 Å². The molecule has 0 bridgehead atoms. The molecule has 0 unspecified atom stereocenters. The summed E-state index contributed by atoms with van der Waals surface area (Å²) in [4.78, 5) is 15.7.